The van der Waals surface area contributed by atoms with E-state index in [0.29, 0.717) is 22.0 Å². The van der Waals surface area contributed by atoms with Gasteiger partial charge in [0.25, 0.3) is 5.91 Å². The highest BCUT2D eigenvalue weighted by Crippen LogP contribution is 2.23. The maximum absolute atomic E-state index is 12.3. The average Bonchev–Trinajstić information content (AvgIpc) is 2.68. The molecule has 2 aromatic carbocycles. The van der Waals surface area contributed by atoms with Gasteiger partial charge in [-0.2, -0.15) is 0 Å². The lowest BCUT2D eigenvalue weighted by Crippen LogP contribution is -2.43. The van der Waals surface area contributed by atoms with Crippen LogP contribution in [0.25, 0.3) is 0 Å². The van der Waals surface area contributed by atoms with Gasteiger partial charge in [-0.3, -0.25) is 14.4 Å². The third-order valence-corrected chi connectivity index (χ3v) is 4.15. The Morgan fingerprint density at radius 1 is 1.20 bits per heavy atom. The monoisotopic (exact) mass is 357 g/mol. The Kier molecular flexibility index (Phi) is 4.72. The Labute approximate surface area is 149 Å². The number of halogens is 1. The molecule has 3 N–H and O–H groups in total. The first-order valence-corrected chi connectivity index (χ1v) is 8.08. The molecule has 0 saturated carbocycles. The summed E-state index contributed by atoms with van der Waals surface area (Å²) in [7, 11) is 0. The molecule has 7 heteroatoms. The number of rotatable bonds is 3. The summed E-state index contributed by atoms with van der Waals surface area (Å²) < 4.78 is 0. The van der Waals surface area contributed by atoms with Crippen LogP contribution >= 0.6 is 11.6 Å². The third kappa shape index (κ3) is 3.80. The van der Waals surface area contributed by atoms with Crippen LogP contribution in [0, 0.1) is 6.92 Å². The van der Waals surface area contributed by atoms with Crippen molar-refractivity contribution < 1.29 is 14.4 Å². The van der Waals surface area contributed by atoms with Gasteiger partial charge in [-0.05, 0) is 36.8 Å². The van der Waals surface area contributed by atoms with E-state index in [1.54, 1.807) is 36.4 Å². The summed E-state index contributed by atoms with van der Waals surface area (Å²) in [6, 6.07) is 10.9. The molecule has 0 radical (unpaired) electrons. The Bertz CT molecular complexity index is 866. The Morgan fingerprint density at radius 2 is 1.96 bits per heavy atom. The number of aryl methyl sites for hydroxylation is 1. The van der Waals surface area contributed by atoms with Crippen molar-refractivity contribution in [1.82, 2.24) is 5.32 Å². The van der Waals surface area contributed by atoms with Crippen LogP contribution in [0.1, 0.15) is 22.3 Å². The summed E-state index contributed by atoms with van der Waals surface area (Å²) >= 11 is 6.09. The highest BCUT2D eigenvalue weighted by atomic mass is 35.5. The number of hydrogen-bond donors (Lipinski definition) is 3. The second-order valence-corrected chi connectivity index (χ2v) is 6.20. The van der Waals surface area contributed by atoms with Crippen LogP contribution in [0.5, 0.6) is 0 Å². The molecule has 0 aliphatic carbocycles. The quantitative estimate of drug-likeness (QED) is 0.789. The van der Waals surface area contributed by atoms with Gasteiger partial charge in [0.1, 0.15) is 6.04 Å². The van der Waals surface area contributed by atoms with Gasteiger partial charge in [-0.15, -0.1) is 0 Å². The van der Waals surface area contributed by atoms with Crippen LogP contribution in [-0.2, 0) is 9.59 Å². The molecule has 0 unspecified atom stereocenters. The minimum Gasteiger partial charge on any atom is -0.340 e. The number of carbonyl (C=O) groups excluding carboxylic acids is 3. The van der Waals surface area contributed by atoms with E-state index < -0.39 is 23.8 Å². The topological polar surface area (TPSA) is 87.3 Å². The van der Waals surface area contributed by atoms with Crippen LogP contribution < -0.4 is 16.0 Å². The third-order valence-electron chi connectivity index (χ3n) is 3.84. The zero-order valence-corrected chi connectivity index (χ0v) is 14.2. The minimum absolute atomic E-state index is 0.199. The maximum atomic E-state index is 12.3. The molecule has 1 heterocycles. The van der Waals surface area contributed by atoms with Gasteiger partial charge in [0.15, 0.2) is 0 Å². The fourth-order valence-electron chi connectivity index (χ4n) is 2.56. The van der Waals surface area contributed by atoms with E-state index in [0.717, 1.165) is 5.56 Å². The molecule has 25 heavy (non-hydrogen) atoms. The molecule has 1 aliphatic rings. The van der Waals surface area contributed by atoms with Crippen LogP contribution in [0.2, 0.25) is 5.02 Å². The highest BCUT2D eigenvalue weighted by Gasteiger charge is 2.29. The first kappa shape index (κ1) is 17.0. The van der Waals surface area contributed by atoms with Gasteiger partial charge in [0.05, 0.1) is 28.4 Å². The van der Waals surface area contributed by atoms with Crippen molar-refractivity contribution in [2.24, 2.45) is 0 Å². The Balaban J connectivity index is 1.71. The van der Waals surface area contributed by atoms with Gasteiger partial charge in [-0.1, -0.05) is 29.8 Å². The number of fused-ring (bicyclic) bond motifs is 1. The summed E-state index contributed by atoms with van der Waals surface area (Å²) in [6.07, 6.45) is -0.199. The van der Waals surface area contributed by atoms with E-state index in [1.807, 2.05) is 13.0 Å². The van der Waals surface area contributed by atoms with Crippen molar-refractivity contribution in [3.05, 3.63) is 58.6 Å². The van der Waals surface area contributed by atoms with Crippen molar-refractivity contribution >= 4 is 40.7 Å². The second-order valence-electron chi connectivity index (χ2n) is 5.80. The molecule has 0 bridgehead atoms. The normalized spacial score (nSPS) is 16.3. The fourth-order valence-corrected chi connectivity index (χ4v) is 2.85. The Morgan fingerprint density at radius 3 is 2.72 bits per heavy atom. The molecular weight excluding hydrogens is 342 g/mol. The lowest BCUT2D eigenvalue weighted by atomic mass is 10.1. The number of para-hydroxylation sites is 1. The predicted octanol–water partition coefficient (Wildman–Crippen LogP) is 2.73. The first-order valence-electron chi connectivity index (χ1n) is 7.71. The molecule has 6 nitrogen and oxygen atoms in total. The molecule has 1 atom stereocenters. The minimum atomic E-state index is -0.968. The molecule has 128 valence electrons. The summed E-state index contributed by atoms with van der Waals surface area (Å²) in [5, 5.41) is 8.31. The first-order chi connectivity index (χ1) is 11.9. The van der Waals surface area contributed by atoms with Crippen molar-refractivity contribution in [2.75, 3.05) is 10.6 Å². The van der Waals surface area contributed by atoms with E-state index in [1.165, 1.54) is 0 Å². The summed E-state index contributed by atoms with van der Waals surface area (Å²) in [5.74, 6) is -1.26. The van der Waals surface area contributed by atoms with Crippen molar-refractivity contribution in [2.45, 2.75) is 19.4 Å². The van der Waals surface area contributed by atoms with Crippen LogP contribution in [-0.4, -0.2) is 23.8 Å². The lowest BCUT2D eigenvalue weighted by molar-refractivity contribution is -0.122. The standard InChI is InChI=1S/C18H16ClN3O3/c1-10-6-7-14(12(19)8-10)20-16(23)9-15-18(25)21-13-5-3-2-4-11(13)17(24)22-15/h2-8,15H,9H2,1H3,(H,20,23)(H,21,25)(H,22,24)/t15-/m0/s1. The predicted molar refractivity (Wildman–Crippen MR) is 95.8 cm³/mol. The summed E-state index contributed by atoms with van der Waals surface area (Å²) in [6.45, 7) is 1.89. The van der Waals surface area contributed by atoms with Crippen molar-refractivity contribution in [3.63, 3.8) is 0 Å². The van der Waals surface area contributed by atoms with Crippen LogP contribution in [0.15, 0.2) is 42.5 Å². The largest absolute Gasteiger partial charge is 0.340 e. The molecule has 1 aliphatic heterocycles. The summed E-state index contributed by atoms with van der Waals surface area (Å²) in [5.41, 5.74) is 2.21. The van der Waals surface area contributed by atoms with E-state index in [2.05, 4.69) is 16.0 Å². The molecule has 0 saturated heterocycles. The van der Waals surface area contributed by atoms with E-state index >= 15 is 0 Å². The molecule has 0 spiro atoms. The van der Waals surface area contributed by atoms with Gasteiger partial charge >= 0.3 is 0 Å². The lowest BCUT2D eigenvalue weighted by Gasteiger charge is -2.15. The summed E-state index contributed by atoms with van der Waals surface area (Å²) in [4.78, 5) is 36.8. The number of hydrogen-bond acceptors (Lipinski definition) is 3. The van der Waals surface area contributed by atoms with E-state index in [4.69, 9.17) is 11.6 Å². The molecule has 0 aromatic heterocycles. The molecule has 3 rings (SSSR count). The van der Waals surface area contributed by atoms with E-state index in [-0.39, 0.29) is 6.42 Å². The zero-order chi connectivity index (χ0) is 18.0. The number of amides is 3. The smallest absolute Gasteiger partial charge is 0.254 e. The van der Waals surface area contributed by atoms with Gasteiger partial charge < -0.3 is 16.0 Å². The fraction of sp³-hybridized carbons (Fsp3) is 0.167. The van der Waals surface area contributed by atoms with Gasteiger partial charge in [-0.25, -0.2) is 0 Å². The van der Waals surface area contributed by atoms with Crippen molar-refractivity contribution in [1.29, 1.82) is 0 Å². The SMILES string of the molecule is Cc1ccc(NC(=O)C[C@@H]2NC(=O)c3ccccc3NC2=O)c(Cl)c1. The zero-order valence-electron chi connectivity index (χ0n) is 13.4. The molecular formula is C18H16ClN3O3. The van der Waals surface area contributed by atoms with E-state index in [9.17, 15) is 14.4 Å². The average molecular weight is 358 g/mol. The molecule has 2 aromatic rings. The number of benzene rings is 2. The van der Waals surface area contributed by atoms with Crippen LogP contribution in [0.4, 0.5) is 11.4 Å². The van der Waals surface area contributed by atoms with Gasteiger partial charge in [0, 0.05) is 0 Å². The second kappa shape index (κ2) is 6.94. The number of carbonyl (C=O) groups is 3. The van der Waals surface area contributed by atoms with Gasteiger partial charge in [0.2, 0.25) is 11.8 Å². The molecule has 0 fully saturated rings. The Hall–Kier alpha value is -2.86. The maximum Gasteiger partial charge on any atom is 0.254 e. The highest BCUT2D eigenvalue weighted by molar-refractivity contribution is 6.33. The van der Waals surface area contributed by atoms with Crippen LogP contribution in [0.3, 0.4) is 0 Å². The van der Waals surface area contributed by atoms with Crippen molar-refractivity contribution in [3.8, 4) is 0 Å². The number of anilines is 2. The number of nitrogens with one attached hydrogen (secondary N) is 3. The molecule has 3 amide bonds.